The minimum absolute atomic E-state index is 0.212. The highest BCUT2D eigenvalue weighted by Gasteiger charge is 2.24. The first-order chi connectivity index (χ1) is 13.0. The Balaban J connectivity index is 1.61. The summed E-state index contributed by atoms with van der Waals surface area (Å²) in [4.78, 5) is 21.8. The maximum Gasteiger partial charge on any atom is 0.348 e. The molecule has 0 fully saturated rings. The Morgan fingerprint density at radius 2 is 1.93 bits per heavy atom. The molecule has 7 heteroatoms. The zero-order valence-corrected chi connectivity index (χ0v) is 14.5. The number of aliphatic imine (C=N–C) groups is 1. The molecule has 0 radical (unpaired) electrons. The lowest BCUT2D eigenvalue weighted by atomic mass is 10.0. The number of nitrogens with zero attached hydrogens (tertiary/aromatic N) is 3. The van der Waals surface area contributed by atoms with Gasteiger partial charge in [-0.3, -0.25) is 21.0 Å². The number of amidine groups is 1. The standard InChI is InChI=1S/C20H17N5O2/c21-19(22)14-2-1-13-8-18(23-9-15(13)7-14)12-3-5-17(6-4-12)25-10-16(11-26)24-20(25)27/h1-9,26H,10-11H2,(H3,21,22)/p+1. The van der Waals surface area contributed by atoms with Gasteiger partial charge in [-0.05, 0) is 35.7 Å². The molecule has 0 unspecified atom stereocenters. The van der Waals surface area contributed by atoms with Crippen LogP contribution in [0.4, 0.5) is 10.5 Å². The van der Waals surface area contributed by atoms with Crippen molar-refractivity contribution in [2.24, 2.45) is 10.7 Å². The Bertz CT molecular complexity index is 1090. The van der Waals surface area contributed by atoms with Crippen LogP contribution in [0.5, 0.6) is 0 Å². The fourth-order valence-electron chi connectivity index (χ4n) is 3.06. The molecule has 0 saturated heterocycles. The number of aromatic nitrogens is 1. The molecule has 1 aromatic heterocycles. The van der Waals surface area contributed by atoms with Crippen molar-refractivity contribution in [1.29, 1.82) is 0 Å². The summed E-state index contributed by atoms with van der Waals surface area (Å²) in [5.74, 6) is 0.279. The largest absolute Gasteiger partial charge is 0.390 e. The number of urea groups is 1. The van der Waals surface area contributed by atoms with Crippen LogP contribution in [0.3, 0.4) is 0 Å². The van der Waals surface area contributed by atoms with Crippen LogP contribution in [0.1, 0.15) is 5.56 Å². The number of amides is 2. The number of rotatable bonds is 4. The second-order valence-corrected chi connectivity index (χ2v) is 6.34. The van der Waals surface area contributed by atoms with Crippen LogP contribution in [0.15, 0.2) is 59.7 Å². The van der Waals surface area contributed by atoms with Crippen LogP contribution < -0.4 is 16.0 Å². The summed E-state index contributed by atoms with van der Waals surface area (Å²) < 4.78 is 0. The predicted molar refractivity (Wildman–Crippen MR) is 105 cm³/mol. The minimum atomic E-state index is -0.359. The molecule has 2 amide bonds. The molecule has 0 atom stereocenters. The van der Waals surface area contributed by atoms with Gasteiger partial charge in [-0.2, -0.15) is 4.99 Å². The molecule has 4 rings (SSSR count). The third kappa shape index (κ3) is 3.16. The number of pyridine rings is 1. The number of fused-ring (bicyclic) bond motifs is 1. The summed E-state index contributed by atoms with van der Waals surface area (Å²) in [7, 11) is 0. The van der Waals surface area contributed by atoms with Crippen LogP contribution in [0, 0.1) is 0 Å². The molecule has 7 nitrogen and oxygen atoms in total. The van der Waals surface area contributed by atoms with E-state index in [-0.39, 0.29) is 18.5 Å². The van der Waals surface area contributed by atoms with Gasteiger partial charge in [0.05, 0.1) is 30.1 Å². The molecular formula is C20H18N5O2+. The smallest absolute Gasteiger partial charge is 0.348 e. The third-order valence-corrected chi connectivity index (χ3v) is 4.54. The first-order valence-corrected chi connectivity index (χ1v) is 8.42. The average molecular weight is 360 g/mol. The lowest BCUT2D eigenvalue weighted by Crippen LogP contribution is -2.46. The van der Waals surface area contributed by atoms with E-state index in [0.717, 1.165) is 33.3 Å². The van der Waals surface area contributed by atoms with E-state index in [1.165, 1.54) is 4.90 Å². The van der Waals surface area contributed by atoms with E-state index in [1.54, 1.807) is 6.20 Å². The van der Waals surface area contributed by atoms with Crippen molar-refractivity contribution in [3.8, 4) is 11.3 Å². The SMILES string of the molecule is NC(=[NH2+])c1ccc2cc(-c3ccc(N4CC(CO)=NC4=O)cc3)ncc2c1. The van der Waals surface area contributed by atoms with Gasteiger partial charge in [0.25, 0.3) is 5.84 Å². The molecular weight excluding hydrogens is 342 g/mol. The van der Waals surface area contributed by atoms with Gasteiger partial charge in [-0.15, -0.1) is 0 Å². The molecule has 0 spiro atoms. The van der Waals surface area contributed by atoms with Crippen molar-refractivity contribution in [1.82, 2.24) is 4.98 Å². The van der Waals surface area contributed by atoms with Gasteiger partial charge in [-0.1, -0.05) is 18.2 Å². The van der Waals surface area contributed by atoms with E-state index < -0.39 is 0 Å². The molecule has 1 aliphatic heterocycles. The summed E-state index contributed by atoms with van der Waals surface area (Å²) in [5, 5.41) is 16.8. The number of aliphatic hydroxyl groups is 1. The summed E-state index contributed by atoms with van der Waals surface area (Å²) in [6, 6.07) is 14.9. The van der Waals surface area contributed by atoms with Crippen molar-refractivity contribution in [3.05, 3.63) is 60.3 Å². The highest BCUT2D eigenvalue weighted by Crippen LogP contribution is 2.26. The lowest BCUT2D eigenvalue weighted by Gasteiger charge is -2.15. The number of carbonyl (C=O) groups is 1. The van der Waals surface area contributed by atoms with Gasteiger partial charge < -0.3 is 5.11 Å². The minimum Gasteiger partial charge on any atom is -0.390 e. The third-order valence-electron chi connectivity index (χ3n) is 4.54. The number of hydrogen-bond acceptors (Lipinski definition) is 3. The van der Waals surface area contributed by atoms with Crippen LogP contribution in [-0.2, 0) is 0 Å². The Morgan fingerprint density at radius 3 is 2.59 bits per heavy atom. The van der Waals surface area contributed by atoms with Gasteiger partial charge in [0, 0.05) is 22.8 Å². The van der Waals surface area contributed by atoms with E-state index in [2.05, 4.69) is 9.98 Å². The van der Waals surface area contributed by atoms with E-state index in [4.69, 9.17) is 16.2 Å². The number of carbonyl (C=O) groups excluding carboxylic acids is 1. The van der Waals surface area contributed by atoms with Gasteiger partial charge >= 0.3 is 6.03 Å². The van der Waals surface area contributed by atoms with Gasteiger partial charge in [-0.25, -0.2) is 4.79 Å². The average Bonchev–Trinajstić information content (AvgIpc) is 3.08. The second kappa shape index (κ2) is 6.62. The fraction of sp³-hybridized carbons (Fsp3) is 0.100. The maximum atomic E-state index is 11.9. The van der Waals surface area contributed by atoms with Gasteiger partial charge in [0.2, 0.25) is 0 Å². The second-order valence-electron chi connectivity index (χ2n) is 6.34. The van der Waals surface area contributed by atoms with Gasteiger partial charge in [0.15, 0.2) is 0 Å². The molecule has 5 N–H and O–H groups in total. The Labute approximate surface area is 155 Å². The van der Waals surface area contributed by atoms with Crippen LogP contribution in [0.2, 0.25) is 0 Å². The Kier molecular flexibility index (Phi) is 4.13. The van der Waals surface area contributed by atoms with Crippen molar-refractivity contribution in [2.75, 3.05) is 18.1 Å². The zero-order valence-electron chi connectivity index (χ0n) is 14.5. The number of anilines is 1. The van der Waals surface area contributed by atoms with Crippen LogP contribution >= 0.6 is 0 Å². The lowest BCUT2D eigenvalue weighted by molar-refractivity contribution is -0.114. The first kappa shape index (κ1) is 16.9. The van der Waals surface area contributed by atoms with E-state index in [1.807, 2.05) is 48.5 Å². The molecule has 2 aromatic carbocycles. The quantitative estimate of drug-likeness (QED) is 0.470. The van der Waals surface area contributed by atoms with Crippen molar-refractivity contribution in [3.63, 3.8) is 0 Å². The van der Waals surface area contributed by atoms with Crippen LogP contribution in [-0.4, -0.2) is 40.8 Å². The first-order valence-electron chi connectivity index (χ1n) is 8.42. The van der Waals surface area contributed by atoms with E-state index in [9.17, 15) is 4.79 Å². The number of nitrogens with two attached hydrogens (primary N) is 2. The zero-order chi connectivity index (χ0) is 19.0. The number of aliphatic hydroxyl groups excluding tert-OH is 1. The van der Waals surface area contributed by atoms with Gasteiger partial charge in [0.1, 0.15) is 0 Å². The van der Waals surface area contributed by atoms with Crippen molar-refractivity contribution < 1.29 is 15.3 Å². The molecule has 3 aromatic rings. The van der Waals surface area contributed by atoms with Crippen molar-refractivity contribution in [2.45, 2.75) is 0 Å². The predicted octanol–water partition coefficient (Wildman–Crippen LogP) is 0.740. The number of benzene rings is 2. The topological polar surface area (TPSA) is 117 Å². The Hall–Kier alpha value is -3.58. The fourth-order valence-corrected chi connectivity index (χ4v) is 3.06. The molecule has 0 aliphatic carbocycles. The molecule has 2 heterocycles. The molecule has 0 saturated carbocycles. The maximum absolute atomic E-state index is 11.9. The van der Waals surface area contributed by atoms with E-state index >= 15 is 0 Å². The molecule has 0 bridgehead atoms. The summed E-state index contributed by atoms with van der Waals surface area (Å²) in [6.07, 6.45) is 1.79. The van der Waals surface area contributed by atoms with Crippen molar-refractivity contribution >= 4 is 34.0 Å². The molecule has 134 valence electrons. The summed E-state index contributed by atoms with van der Waals surface area (Å²) in [5.41, 5.74) is 9.38. The number of hydrogen-bond donors (Lipinski definition) is 3. The van der Waals surface area contributed by atoms with Crippen LogP contribution in [0.25, 0.3) is 22.0 Å². The molecule has 1 aliphatic rings. The molecule has 27 heavy (non-hydrogen) atoms. The van der Waals surface area contributed by atoms with E-state index in [0.29, 0.717) is 12.3 Å². The normalized spacial score (nSPS) is 13.9. The summed E-state index contributed by atoms with van der Waals surface area (Å²) >= 11 is 0. The summed E-state index contributed by atoms with van der Waals surface area (Å²) in [6.45, 7) is 0.100. The highest BCUT2D eigenvalue weighted by atomic mass is 16.3. The Morgan fingerprint density at radius 1 is 1.15 bits per heavy atom. The monoisotopic (exact) mass is 360 g/mol. The highest BCUT2D eigenvalue weighted by molar-refractivity contribution is 6.12.